The number of aryl methyl sites for hydroxylation is 1. The van der Waals surface area contributed by atoms with Gasteiger partial charge in [-0.3, -0.25) is 0 Å². The van der Waals surface area contributed by atoms with Crippen molar-refractivity contribution in [1.82, 2.24) is 0 Å². The van der Waals surface area contributed by atoms with Crippen molar-refractivity contribution in [2.45, 2.75) is 25.7 Å². The lowest BCUT2D eigenvalue weighted by Gasteiger charge is -2.13. The normalized spacial score (nSPS) is 14.5. The molecule has 0 fully saturated rings. The summed E-state index contributed by atoms with van der Waals surface area (Å²) in [5.74, 6) is 0. The van der Waals surface area contributed by atoms with Crippen molar-refractivity contribution in [3.8, 4) is 0 Å². The van der Waals surface area contributed by atoms with Gasteiger partial charge in [0, 0.05) is 15.9 Å². The molecule has 0 saturated carbocycles. The summed E-state index contributed by atoms with van der Waals surface area (Å²) < 4.78 is 0. The van der Waals surface area contributed by atoms with E-state index in [9.17, 15) is 0 Å². The van der Waals surface area contributed by atoms with E-state index in [1.165, 1.54) is 37.1 Å². The average molecular weight is 229 g/mol. The number of thiophene rings is 1. The van der Waals surface area contributed by atoms with E-state index in [0.29, 0.717) is 0 Å². The van der Waals surface area contributed by atoms with Gasteiger partial charge in [0.25, 0.3) is 0 Å². The Balaban J connectivity index is 1.88. The van der Waals surface area contributed by atoms with E-state index in [-0.39, 0.29) is 0 Å². The maximum Gasteiger partial charge on any atom is 0.0528 e. The average Bonchev–Trinajstić information content (AvgIpc) is 2.74. The fourth-order valence-electron chi connectivity index (χ4n) is 2.28. The van der Waals surface area contributed by atoms with Gasteiger partial charge in [-0.25, -0.2) is 0 Å². The molecule has 1 aromatic heterocycles. The van der Waals surface area contributed by atoms with Crippen LogP contribution in [0, 0.1) is 0 Å². The smallest absolute Gasteiger partial charge is 0.0528 e. The quantitative estimate of drug-likeness (QED) is 0.806. The maximum absolute atomic E-state index is 3.52. The Morgan fingerprint density at radius 3 is 2.69 bits per heavy atom. The lowest BCUT2D eigenvalue weighted by Crippen LogP contribution is -2.01. The third kappa shape index (κ3) is 1.85. The zero-order chi connectivity index (χ0) is 10.8. The molecule has 16 heavy (non-hydrogen) atoms. The van der Waals surface area contributed by atoms with Crippen molar-refractivity contribution in [1.29, 1.82) is 0 Å². The van der Waals surface area contributed by atoms with Crippen LogP contribution in [0.5, 0.6) is 0 Å². The molecule has 1 N–H and O–H groups in total. The van der Waals surface area contributed by atoms with E-state index in [0.717, 1.165) is 0 Å². The first kappa shape index (κ1) is 9.91. The van der Waals surface area contributed by atoms with Crippen LogP contribution in [0.3, 0.4) is 0 Å². The molecule has 0 amide bonds. The van der Waals surface area contributed by atoms with E-state index in [2.05, 4.69) is 35.0 Å². The number of anilines is 2. The van der Waals surface area contributed by atoms with Gasteiger partial charge in [-0.15, -0.1) is 11.3 Å². The number of nitrogens with one attached hydrogen (secondary N) is 1. The summed E-state index contributed by atoms with van der Waals surface area (Å²) in [7, 11) is 0. The molecule has 0 aliphatic heterocycles. The van der Waals surface area contributed by atoms with E-state index in [1.807, 2.05) is 17.4 Å². The van der Waals surface area contributed by atoms with Gasteiger partial charge in [0.2, 0.25) is 0 Å². The first-order valence-corrected chi connectivity index (χ1v) is 6.73. The number of fused-ring (bicyclic) bond motifs is 1. The fraction of sp³-hybridized carbons (Fsp3) is 0.286. The second-order valence-corrected chi connectivity index (χ2v) is 5.21. The zero-order valence-electron chi connectivity index (χ0n) is 9.20. The summed E-state index contributed by atoms with van der Waals surface area (Å²) in [6.45, 7) is 0. The van der Waals surface area contributed by atoms with Crippen molar-refractivity contribution in [2.75, 3.05) is 5.32 Å². The molecule has 1 aromatic carbocycles. The predicted molar refractivity (Wildman–Crippen MR) is 70.7 cm³/mol. The van der Waals surface area contributed by atoms with Crippen LogP contribution >= 0.6 is 11.3 Å². The predicted octanol–water partition coefficient (Wildman–Crippen LogP) is 4.37. The number of para-hydroxylation sites is 1. The molecule has 0 bridgehead atoms. The molecule has 3 rings (SSSR count). The van der Waals surface area contributed by atoms with E-state index >= 15 is 0 Å². The van der Waals surface area contributed by atoms with Crippen molar-refractivity contribution in [3.05, 3.63) is 46.2 Å². The van der Waals surface area contributed by atoms with Gasteiger partial charge in [0.05, 0.1) is 5.69 Å². The van der Waals surface area contributed by atoms with Gasteiger partial charge >= 0.3 is 0 Å². The van der Waals surface area contributed by atoms with Gasteiger partial charge in [-0.05, 0) is 43.4 Å². The third-order valence-electron chi connectivity index (χ3n) is 3.11. The van der Waals surface area contributed by atoms with Crippen LogP contribution < -0.4 is 5.32 Å². The fourth-order valence-corrected chi connectivity index (χ4v) is 3.35. The van der Waals surface area contributed by atoms with Crippen LogP contribution in [0.25, 0.3) is 0 Å². The first-order chi connectivity index (χ1) is 7.93. The minimum Gasteiger partial charge on any atom is -0.355 e. The highest BCUT2D eigenvalue weighted by molar-refractivity contribution is 7.10. The molecule has 0 saturated heterocycles. The summed E-state index contributed by atoms with van der Waals surface area (Å²) in [6.07, 6.45) is 5.22. The largest absolute Gasteiger partial charge is 0.355 e. The lowest BCUT2D eigenvalue weighted by atomic mass is 9.98. The number of rotatable bonds is 2. The monoisotopic (exact) mass is 229 g/mol. The summed E-state index contributed by atoms with van der Waals surface area (Å²) >= 11 is 1.91. The first-order valence-electron chi connectivity index (χ1n) is 5.85. The van der Waals surface area contributed by atoms with Gasteiger partial charge in [-0.2, -0.15) is 0 Å². The minimum atomic E-state index is 1.19. The second-order valence-electron chi connectivity index (χ2n) is 4.25. The Bertz CT molecular complexity index is 473. The van der Waals surface area contributed by atoms with Crippen molar-refractivity contribution in [3.63, 3.8) is 0 Å². The lowest BCUT2D eigenvalue weighted by molar-refractivity contribution is 0.698. The summed E-state index contributed by atoms with van der Waals surface area (Å²) in [5, 5.41) is 5.79. The number of benzene rings is 1. The van der Waals surface area contributed by atoms with Crippen LogP contribution in [0.4, 0.5) is 11.4 Å². The van der Waals surface area contributed by atoms with E-state index < -0.39 is 0 Å². The van der Waals surface area contributed by atoms with Crippen LogP contribution in [0.15, 0.2) is 35.7 Å². The van der Waals surface area contributed by atoms with Gasteiger partial charge in [-0.1, -0.05) is 18.2 Å². The molecule has 82 valence electrons. The van der Waals surface area contributed by atoms with E-state index in [4.69, 9.17) is 0 Å². The van der Waals surface area contributed by atoms with Gasteiger partial charge in [0.15, 0.2) is 0 Å². The highest BCUT2D eigenvalue weighted by atomic mass is 32.1. The molecule has 1 aliphatic rings. The Morgan fingerprint density at radius 2 is 1.81 bits per heavy atom. The Morgan fingerprint density at radius 1 is 1.00 bits per heavy atom. The molecule has 1 aliphatic carbocycles. The molecule has 0 atom stereocenters. The highest BCUT2D eigenvalue weighted by Gasteiger charge is 2.15. The topological polar surface area (TPSA) is 12.0 Å². The summed E-state index contributed by atoms with van der Waals surface area (Å²) in [5.41, 5.74) is 4.07. The molecule has 2 aromatic rings. The Kier molecular flexibility index (Phi) is 2.66. The number of hydrogen-bond donors (Lipinski definition) is 1. The van der Waals surface area contributed by atoms with Crippen molar-refractivity contribution >= 4 is 22.7 Å². The minimum absolute atomic E-state index is 1.19. The van der Waals surface area contributed by atoms with Crippen LogP contribution in [0.1, 0.15) is 23.3 Å². The van der Waals surface area contributed by atoms with Crippen LogP contribution in [-0.2, 0) is 12.8 Å². The van der Waals surface area contributed by atoms with E-state index in [1.54, 1.807) is 10.4 Å². The Labute approximate surface area is 100 Å². The summed E-state index contributed by atoms with van der Waals surface area (Å²) in [6, 6.07) is 10.4. The van der Waals surface area contributed by atoms with Crippen molar-refractivity contribution in [2.24, 2.45) is 0 Å². The zero-order valence-corrected chi connectivity index (χ0v) is 10.0. The number of hydrogen-bond acceptors (Lipinski definition) is 2. The molecule has 0 unspecified atom stereocenters. The summed E-state index contributed by atoms with van der Waals surface area (Å²) in [4.78, 5) is 1.59. The standard InChI is InChI=1S/C14H15NS/c1-2-6-11(7-3-1)15-13-10-16-14-9-5-4-8-12(13)14/h1-3,6-7,10,15H,4-5,8-9H2. The molecule has 2 heteroatoms. The molecule has 1 heterocycles. The van der Waals surface area contributed by atoms with Gasteiger partial charge in [0.1, 0.15) is 0 Å². The molecular formula is C14H15NS. The molecular weight excluding hydrogens is 214 g/mol. The highest BCUT2D eigenvalue weighted by Crippen LogP contribution is 2.35. The van der Waals surface area contributed by atoms with Crippen LogP contribution in [-0.4, -0.2) is 0 Å². The third-order valence-corrected chi connectivity index (χ3v) is 4.20. The molecule has 0 radical (unpaired) electrons. The molecule has 1 nitrogen and oxygen atoms in total. The Hall–Kier alpha value is -1.28. The van der Waals surface area contributed by atoms with Crippen molar-refractivity contribution < 1.29 is 0 Å². The second kappa shape index (κ2) is 4.30. The SMILES string of the molecule is c1ccc(Nc2csc3c2CCCC3)cc1. The van der Waals surface area contributed by atoms with Gasteiger partial charge < -0.3 is 5.32 Å². The molecule has 0 spiro atoms. The maximum atomic E-state index is 3.52. The van der Waals surface area contributed by atoms with Crippen LogP contribution in [0.2, 0.25) is 0 Å².